The fourth-order valence-electron chi connectivity index (χ4n) is 3.72. The standard InChI is InChI=1S/C20H28N6O2S/c1-15-4-2-6-26(14-15)18-12-17(25-7-10-27-11-8-25)22-19(23-18)24-20(29)21-13-16-5-3-9-28-16/h3,5,9,12,15H,2,4,6-8,10-11,13-14H2,1H3,(H2,21,22,23,24,29). The van der Waals surface area contributed by atoms with Crippen LogP contribution in [0.15, 0.2) is 28.9 Å². The number of aromatic nitrogens is 2. The van der Waals surface area contributed by atoms with Gasteiger partial charge in [-0.3, -0.25) is 0 Å². The van der Waals surface area contributed by atoms with Crippen molar-refractivity contribution in [3.63, 3.8) is 0 Å². The largest absolute Gasteiger partial charge is 0.467 e. The fourth-order valence-corrected chi connectivity index (χ4v) is 3.88. The molecule has 9 heteroatoms. The van der Waals surface area contributed by atoms with Gasteiger partial charge in [0.15, 0.2) is 5.11 Å². The summed E-state index contributed by atoms with van der Waals surface area (Å²) in [5.41, 5.74) is 0. The molecule has 29 heavy (non-hydrogen) atoms. The van der Waals surface area contributed by atoms with Gasteiger partial charge in [0.1, 0.15) is 17.4 Å². The zero-order valence-corrected chi connectivity index (χ0v) is 17.6. The average Bonchev–Trinajstić information content (AvgIpc) is 3.26. The third-order valence-corrected chi connectivity index (χ3v) is 5.49. The van der Waals surface area contributed by atoms with Gasteiger partial charge in [0.25, 0.3) is 0 Å². The van der Waals surface area contributed by atoms with Gasteiger partial charge in [0.05, 0.1) is 26.0 Å². The van der Waals surface area contributed by atoms with E-state index in [1.54, 1.807) is 6.26 Å². The molecule has 0 spiro atoms. The highest BCUT2D eigenvalue weighted by molar-refractivity contribution is 7.80. The number of hydrogen-bond acceptors (Lipinski definition) is 7. The minimum atomic E-state index is 0.471. The average molecular weight is 417 g/mol. The van der Waals surface area contributed by atoms with Crippen LogP contribution in [0.2, 0.25) is 0 Å². The molecule has 4 heterocycles. The Morgan fingerprint density at radius 1 is 1.21 bits per heavy atom. The van der Waals surface area contributed by atoms with Gasteiger partial charge in [0, 0.05) is 32.2 Å². The minimum absolute atomic E-state index is 0.471. The Hall–Kier alpha value is -2.39. The van der Waals surface area contributed by atoms with Crippen molar-refractivity contribution in [3.8, 4) is 0 Å². The molecule has 2 aromatic heterocycles. The highest BCUT2D eigenvalue weighted by Gasteiger charge is 2.21. The van der Waals surface area contributed by atoms with Crippen LogP contribution < -0.4 is 20.4 Å². The number of ether oxygens (including phenoxy) is 1. The molecule has 0 amide bonds. The van der Waals surface area contributed by atoms with Gasteiger partial charge in [-0.05, 0) is 43.1 Å². The summed E-state index contributed by atoms with van der Waals surface area (Å²) >= 11 is 5.44. The molecule has 2 fully saturated rings. The lowest BCUT2D eigenvalue weighted by Gasteiger charge is -2.33. The van der Waals surface area contributed by atoms with Crippen molar-refractivity contribution < 1.29 is 9.15 Å². The van der Waals surface area contributed by atoms with E-state index < -0.39 is 0 Å². The lowest BCUT2D eigenvalue weighted by Crippen LogP contribution is -2.38. The van der Waals surface area contributed by atoms with E-state index in [-0.39, 0.29) is 0 Å². The molecule has 2 aliphatic heterocycles. The molecule has 2 aliphatic rings. The van der Waals surface area contributed by atoms with Crippen molar-refractivity contribution in [1.82, 2.24) is 15.3 Å². The highest BCUT2D eigenvalue weighted by atomic mass is 32.1. The molecule has 0 aromatic carbocycles. The lowest BCUT2D eigenvalue weighted by atomic mass is 10.0. The number of thiocarbonyl (C=S) groups is 1. The summed E-state index contributed by atoms with van der Waals surface area (Å²) in [6.45, 7) is 7.92. The van der Waals surface area contributed by atoms with Crippen LogP contribution in [0, 0.1) is 5.92 Å². The lowest BCUT2D eigenvalue weighted by molar-refractivity contribution is 0.122. The van der Waals surface area contributed by atoms with Crippen LogP contribution in [-0.2, 0) is 11.3 Å². The SMILES string of the molecule is CC1CCCN(c2cc(N3CCOCC3)nc(NC(=S)NCc3ccco3)n2)C1. The second-order valence-corrected chi connectivity index (χ2v) is 8.00. The van der Waals surface area contributed by atoms with Crippen molar-refractivity contribution >= 4 is 34.9 Å². The van der Waals surface area contributed by atoms with Gasteiger partial charge in [-0.2, -0.15) is 9.97 Å². The van der Waals surface area contributed by atoms with Gasteiger partial charge in [0.2, 0.25) is 5.95 Å². The molecule has 156 valence electrons. The third kappa shape index (κ3) is 5.36. The number of nitrogens with one attached hydrogen (secondary N) is 2. The first-order valence-electron chi connectivity index (χ1n) is 10.2. The first-order chi connectivity index (χ1) is 14.2. The Morgan fingerprint density at radius 2 is 2.00 bits per heavy atom. The maximum Gasteiger partial charge on any atom is 0.232 e. The Labute approximate surface area is 176 Å². The Bertz CT molecular complexity index is 809. The monoisotopic (exact) mass is 416 g/mol. The number of rotatable bonds is 5. The number of piperidine rings is 1. The van der Waals surface area contributed by atoms with E-state index in [2.05, 4.69) is 33.4 Å². The Kier molecular flexibility index (Phi) is 6.46. The van der Waals surface area contributed by atoms with Crippen molar-refractivity contribution in [2.24, 2.45) is 5.92 Å². The van der Waals surface area contributed by atoms with Crippen LogP contribution in [0.25, 0.3) is 0 Å². The zero-order chi connectivity index (χ0) is 20.1. The molecular weight excluding hydrogens is 388 g/mol. The van der Waals surface area contributed by atoms with Crippen molar-refractivity contribution in [2.75, 3.05) is 54.5 Å². The van der Waals surface area contributed by atoms with Crippen LogP contribution in [0.3, 0.4) is 0 Å². The molecule has 2 N–H and O–H groups in total. The maximum absolute atomic E-state index is 5.49. The second kappa shape index (κ2) is 9.41. The summed E-state index contributed by atoms with van der Waals surface area (Å²) in [6, 6.07) is 5.85. The quantitative estimate of drug-likeness (QED) is 0.715. The van der Waals surface area contributed by atoms with E-state index >= 15 is 0 Å². The van der Waals surface area contributed by atoms with E-state index in [1.165, 1.54) is 12.8 Å². The number of furan rings is 1. The van der Waals surface area contributed by atoms with E-state index in [1.807, 2.05) is 12.1 Å². The molecule has 0 radical (unpaired) electrons. The summed E-state index contributed by atoms with van der Waals surface area (Å²) in [7, 11) is 0. The van der Waals surface area contributed by atoms with E-state index in [9.17, 15) is 0 Å². The van der Waals surface area contributed by atoms with Gasteiger partial charge in [-0.15, -0.1) is 0 Å². The first kappa shape index (κ1) is 19.9. The van der Waals surface area contributed by atoms with Crippen molar-refractivity contribution in [3.05, 3.63) is 30.2 Å². The summed E-state index contributed by atoms with van der Waals surface area (Å²) in [5, 5.41) is 6.76. The summed E-state index contributed by atoms with van der Waals surface area (Å²) in [6.07, 6.45) is 4.10. The number of nitrogens with zero attached hydrogens (tertiary/aromatic N) is 4. The summed E-state index contributed by atoms with van der Waals surface area (Å²) in [4.78, 5) is 14.1. The minimum Gasteiger partial charge on any atom is -0.467 e. The zero-order valence-electron chi connectivity index (χ0n) is 16.8. The fraction of sp³-hybridized carbons (Fsp3) is 0.550. The number of hydrogen-bond donors (Lipinski definition) is 2. The molecule has 1 unspecified atom stereocenters. The molecule has 0 bridgehead atoms. The second-order valence-electron chi connectivity index (χ2n) is 7.59. The van der Waals surface area contributed by atoms with E-state index in [0.717, 1.165) is 43.6 Å². The summed E-state index contributed by atoms with van der Waals surface area (Å²) < 4.78 is 10.8. The molecule has 2 aromatic rings. The normalized spacial score (nSPS) is 19.8. The number of anilines is 3. The molecule has 0 saturated carbocycles. The molecule has 4 rings (SSSR count). The molecular formula is C20H28N6O2S. The van der Waals surface area contributed by atoms with Gasteiger partial charge in [-0.25, -0.2) is 0 Å². The Balaban J connectivity index is 1.51. The molecule has 0 aliphatic carbocycles. The van der Waals surface area contributed by atoms with Gasteiger partial charge >= 0.3 is 0 Å². The van der Waals surface area contributed by atoms with Crippen LogP contribution in [0.1, 0.15) is 25.5 Å². The van der Waals surface area contributed by atoms with Crippen LogP contribution in [0.5, 0.6) is 0 Å². The summed E-state index contributed by atoms with van der Waals surface area (Å²) in [5.74, 6) is 3.86. The van der Waals surface area contributed by atoms with Crippen LogP contribution in [-0.4, -0.2) is 54.5 Å². The highest BCUT2D eigenvalue weighted by Crippen LogP contribution is 2.26. The predicted octanol–water partition coefficient (Wildman–Crippen LogP) is 2.63. The van der Waals surface area contributed by atoms with Crippen LogP contribution >= 0.6 is 12.2 Å². The smallest absolute Gasteiger partial charge is 0.232 e. The van der Waals surface area contributed by atoms with E-state index in [0.29, 0.717) is 36.7 Å². The van der Waals surface area contributed by atoms with Crippen molar-refractivity contribution in [1.29, 1.82) is 0 Å². The van der Waals surface area contributed by atoms with E-state index in [4.69, 9.17) is 31.3 Å². The van der Waals surface area contributed by atoms with Crippen molar-refractivity contribution in [2.45, 2.75) is 26.3 Å². The molecule has 1 atom stereocenters. The first-order valence-corrected chi connectivity index (χ1v) is 10.6. The van der Waals surface area contributed by atoms with Crippen LogP contribution in [0.4, 0.5) is 17.6 Å². The topological polar surface area (TPSA) is 78.7 Å². The maximum atomic E-state index is 5.49. The Morgan fingerprint density at radius 3 is 2.72 bits per heavy atom. The number of morpholine rings is 1. The third-order valence-electron chi connectivity index (χ3n) is 5.24. The molecule has 8 nitrogen and oxygen atoms in total. The van der Waals surface area contributed by atoms with Gasteiger partial charge in [-0.1, -0.05) is 6.92 Å². The molecule has 2 saturated heterocycles. The van der Waals surface area contributed by atoms with Gasteiger partial charge < -0.3 is 29.6 Å². The predicted molar refractivity (Wildman–Crippen MR) is 117 cm³/mol.